The number of ether oxygens (including phenoxy) is 2. The SMILES string of the molecule is COc1ccc(-c2noc(CSc3nnc(-c4ccco4)n3C3CCCCC3)n2)cc1OC. The van der Waals surface area contributed by atoms with Crippen molar-refractivity contribution >= 4 is 11.8 Å². The highest BCUT2D eigenvalue weighted by Gasteiger charge is 2.25. The van der Waals surface area contributed by atoms with Gasteiger partial charge in [0, 0.05) is 11.6 Å². The van der Waals surface area contributed by atoms with Gasteiger partial charge in [-0.2, -0.15) is 4.98 Å². The van der Waals surface area contributed by atoms with Gasteiger partial charge in [0.25, 0.3) is 0 Å². The number of nitrogens with zero attached hydrogens (tertiary/aromatic N) is 5. The molecule has 0 amide bonds. The smallest absolute Gasteiger partial charge is 0.237 e. The highest BCUT2D eigenvalue weighted by atomic mass is 32.2. The van der Waals surface area contributed by atoms with Crippen molar-refractivity contribution in [3.05, 3.63) is 42.5 Å². The lowest BCUT2D eigenvalue weighted by atomic mass is 9.95. The first kappa shape index (κ1) is 21.6. The molecule has 3 aromatic heterocycles. The maximum atomic E-state index is 5.62. The first-order valence-corrected chi connectivity index (χ1v) is 11.9. The van der Waals surface area contributed by atoms with Crippen LogP contribution in [0.15, 0.2) is 50.7 Å². The van der Waals surface area contributed by atoms with Gasteiger partial charge in [-0.3, -0.25) is 4.57 Å². The number of benzene rings is 1. The average molecular weight is 468 g/mol. The summed E-state index contributed by atoms with van der Waals surface area (Å²) >= 11 is 1.54. The van der Waals surface area contributed by atoms with E-state index in [4.69, 9.17) is 18.4 Å². The molecule has 0 atom stereocenters. The van der Waals surface area contributed by atoms with Crippen molar-refractivity contribution in [2.75, 3.05) is 14.2 Å². The zero-order chi connectivity index (χ0) is 22.6. The lowest BCUT2D eigenvalue weighted by molar-refractivity contribution is 0.337. The first-order chi connectivity index (χ1) is 16.3. The maximum Gasteiger partial charge on any atom is 0.237 e. The minimum Gasteiger partial charge on any atom is -0.493 e. The fourth-order valence-electron chi connectivity index (χ4n) is 4.15. The molecule has 0 unspecified atom stereocenters. The predicted molar refractivity (Wildman–Crippen MR) is 122 cm³/mol. The Balaban J connectivity index is 1.36. The Morgan fingerprint density at radius 1 is 1.06 bits per heavy atom. The maximum absolute atomic E-state index is 5.62. The number of aromatic nitrogens is 5. The third-order valence-electron chi connectivity index (χ3n) is 5.78. The number of furan rings is 1. The Kier molecular flexibility index (Phi) is 6.34. The summed E-state index contributed by atoms with van der Waals surface area (Å²) in [5.74, 6) is 4.26. The zero-order valence-corrected chi connectivity index (χ0v) is 19.4. The molecule has 172 valence electrons. The molecule has 1 aromatic carbocycles. The number of hydrogen-bond acceptors (Lipinski definition) is 9. The van der Waals surface area contributed by atoms with Crippen LogP contribution in [-0.2, 0) is 5.75 Å². The molecular formula is C23H25N5O4S. The lowest BCUT2D eigenvalue weighted by Crippen LogP contribution is -2.15. The van der Waals surface area contributed by atoms with Gasteiger partial charge < -0.3 is 18.4 Å². The van der Waals surface area contributed by atoms with Crippen LogP contribution in [0.2, 0.25) is 0 Å². The Labute approximate surface area is 195 Å². The molecule has 1 aliphatic carbocycles. The highest BCUT2D eigenvalue weighted by Crippen LogP contribution is 2.37. The van der Waals surface area contributed by atoms with Crippen LogP contribution in [0.3, 0.4) is 0 Å². The van der Waals surface area contributed by atoms with Crippen molar-refractivity contribution in [1.82, 2.24) is 24.9 Å². The molecule has 0 bridgehead atoms. The summed E-state index contributed by atoms with van der Waals surface area (Å²) in [5.41, 5.74) is 0.790. The van der Waals surface area contributed by atoms with Gasteiger partial charge in [-0.25, -0.2) is 0 Å². The standard InChI is InChI=1S/C23H25N5O4S/c1-29-17-11-10-15(13-19(17)30-2)21-24-20(32-27-21)14-33-23-26-25-22(18-9-6-12-31-18)28(23)16-7-4-3-5-8-16/h6,9-13,16H,3-5,7-8,14H2,1-2H3. The Morgan fingerprint density at radius 2 is 1.91 bits per heavy atom. The van der Waals surface area contributed by atoms with Crippen LogP contribution in [-0.4, -0.2) is 39.1 Å². The molecule has 1 saturated carbocycles. The van der Waals surface area contributed by atoms with E-state index in [9.17, 15) is 0 Å². The second-order valence-electron chi connectivity index (χ2n) is 7.82. The molecule has 1 aliphatic rings. The van der Waals surface area contributed by atoms with Crippen molar-refractivity contribution < 1.29 is 18.4 Å². The lowest BCUT2D eigenvalue weighted by Gasteiger charge is -2.25. The minimum absolute atomic E-state index is 0.362. The van der Waals surface area contributed by atoms with Crippen molar-refractivity contribution in [1.29, 1.82) is 0 Å². The molecule has 0 aliphatic heterocycles. The van der Waals surface area contributed by atoms with Crippen LogP contribution in [0.4, 0.5) is 0 Å². The van der Waals surface area contributed by atoms with Crippen molar-refractivity contribution in [2.45, 2.75) is 49.1 Å². The first-order valence-electron chi connectivity index (χ1n) is 10.9. The molecule has 0 radical (unpaired) electrons. The number of thioether (sulfide) groups is 1. The van der Waals surface area contributed by atoms with Crippen molar-refractivity contribution in [3.63, 3.8) is 0 Å². The van der Waals surface area contributed by atoms with E-state index in [0.717, 1.165) is 35.1 Å². The zero-order valence-electron chi connectivity index (χ0n) is 18.6. The normalized spacial score (nSPS) is 14.5. The Bertz CT molecular complexity index is 1200. The second kappa shape index (κ2) is 9.70. The predicted octanol–water partition coefficient (Wildman–Crippen LogP) is 5.40. The summed E-state index contributed by atoms with van der Waals surface area (Å²) in [5, 5.41) is 13.9. The Hall–Kier alpha value is -3.27. The van der Waals surface area contributed by atoms with E-state index >= 15 is 0 Å². The van der Waals surface area contributed by atoms with Crippen LogP contribution < -0.4 is 9.47 Å². The molecule has 1 fully saturated rings. The van der Waals surface area contributed by atoms with E-state index in [2.05, 4.69) is 24.9 Å². The van der Waals surface area contributed by atoms with Crippen LogP contribution in [0.1, 0.15) is 44.0 Å². The van der Waals surface area contributed by atoms with Crippen molar-refractivity contribution in [3.8, 4) is 34.5 Å². The molecule has 10 heteroatoms. The van der Waals surface area contributed by atoms with Crippen LogP contribution in [0, 0.1) is 0 Å². The van der Waals surface area contributed by atoms with Gasteiger partial charge >= 0.3 is 0 Å². The molecule has 9 nitrogen and oxygen atoms in total. The summed E-state index contributed by atoms with van der Waals surface area (Å²) in [6.07, 6.45) is 7.59. The van der Waals surface area contributed by atoms with Crippen LogP contribution >= 0.6 is 11.8 Å². The molecule has 0 saturated heterocycles. The summed E-state index contributed by atoms with van der Waals surface area (Å²) in [6.45, 7) is 0. The van der Waals surface area contributed by atoms with E-state index in [1.807, 2.05) is 30.3 Å². The molecule has 4 aromatic rings. The van der Waals surface area contributed by atoms with E-state index in [0.29, 0.717) is 35.0 Å². The van der Waals surface area contributed by atoms with Gasteiger partial charge in [0.05, 0.1) is 26.2 Å². The summed E-state index contributed by atoms with van der Waals surface area (Å²) in [4.78, 5) is 4.55. The topological polar surface area (TPSA) is 101 Å². The van der Waals surface area contributed by atoms with Gasteiger partial charge in [-0.15, -0.1) is 10.2 Å². The average Bonchev–Trinajstić information content (AvgIpc) is 3.63. The molecule has 33 heavy (non-hydrogen) atoms. The monoisotopic (exact) mass is 467 g/mol. The molecule has 3 heterocycles. The van der Waals surface area contributed by atoms with E-state index < -0.39 is 0 Å². The van der Waals surface area contributed by atoms with Gasteiger partial charge in [0.15, 0.2) is 22.4 Å². The third-order valence-corrected chi connectivity index (χ3v) is 6.71. The summed E-state index contributed by atoms with van der Waals surface area (Å²) in [7, 11) is 3.20. The van der Waals surface area contributed by atoms with E-state index in [-0.39, 0.29) is 0 Å². The largest absolute Gasteiger partial charge is 0.493 e. The number of methoxy groups -OCH3 is 2. The second-order valence-corrected chi connectivity index (χ2v) is 8.76. The van der Waals surface area contributed by atoms with Gasteiger partial charge in [-0.05, 0) is 43.2 Å². The number of hydrogen-bond donors (Lipinski definition) is 0. The summed E-state index contributed by atoms with van der Waals surface area (Å²) in [6, 6.07) is 9.68. The molecule has 5 rings (SSSR count). The highest BCUT2D eigenvalue weighted by molar-refractivity contribution is 7.98. The van der Waals surface area contributed by atoms with Crippen molar-refractivity contribution in [2.24, 2.45) is 0 Å². The van der Waals surface area contributed by atoms with Gasteiger partial charge in [-0.1, -0.05) is 36.2 Å². The third kappa shape index (κ3) is 4.47. The van der Waals surface area contributed by atoms with Crippen LogP contribution in [0.25, 0.3) is 23.0 Å². The fraction of sp³-hybridized carbons (Fsp3) is 0.391. The van der Waals surface area contributed by atoms with Crippen LogP contribution in [0.5, 0.6) is 11.5 Å². The summed E-state index contributed by atoms with van der Waals surface area (Å²) < 4.78 is 24.0. The minimum atomic E-state index is 0.362. The van der Waals surface area contributed by atoms with Gasteiger partial charge in [0.2, 0.25) is 17.5 Å². The molecule has 0 spiro atoms. The fourth-order valence-corrected chi connectivity index (χ4v) is 4.99. The molecular weight excluding hydrogens is 442 g/mol. The van der Waals surface area contributed by atoms with E-state index in [1.165, 1.54) is 19.3 Å². The number of rotatable bonds is 8. The van der Waals surface area contributed by atoms with E-state index in [1.54, 1.807) is 32.2 Å². The van der Waals surface area contributed by atoms with Gasteiger partial charge in [0.1, 0.15) is 0 Å². The Morgan fingerprint density at radius 3 is 2.67 bits per heavy atom. The quantitative estimate of drug-likeness (QED) is 0.315. The molecule has 0 N–H and O–H groups in total.